The van der Waals surface area contributed by atoms with Crippen LogP contribution in [0, 0.1) is 5.82 Å². The Balaban J connectivity index is 2.60. The molecule has 1 unspecified atom stereocenters. The molecule has 1 heterocycles. The second-order valence-corrected chi connectivity index (χ2v) is 4.97. The maximum absolute atomic E-state index is 13.0. The van der Waals surface area contributed by atoms with E-state index in [1.165, 1.54) is 23.9 Å². The second kappa shape index (κ2) is 3.55. The van der Waals surface area contributed by atoms with E-state index >= 15 is 0 Å². The monoisotopic (exact) mass is 230 g/mol. The number of hydrogen-bond acceptors (Lipinski definition) is 2. The second-order valence-electron chi connectivity index (χ2n) is 3.23. The topological polar surface area (TPSA) is 17.1 Å². The van der Waals surface area contributed by atoms with Crippen LogP contribution in [0.1, 0.15) is 22.8 Å². The summed E-state index contributed by atoms with van der Waals surface area (Å²) in [6.45, 7) is 1.83. The highest BCUT2D eigenvalue weighted by Crippen LogP contribution is 2.34. The highest BCUT2D eigenvalue weighted by Gasteiger charge is 2.26. The Morgan fingerprint density at radius 1 is 1.57 bits per heavy atom. The number of halogens is 2. The lowest BCUT2D eigenvalue weighted by atomic mass is 10.0. The zero-order valence-electron chi connectivity index (χ0n) is 7.51. The van der Waals surface area contributed by atoms with Crippen molar-refractivity contribution in [2.45, 2.75) is 17.9 Å². The maximum Gasteiger partial charge on any atom is 0.175 e. The van der Waals surface area contributed by atoms with Gasteiger partial charge in [-0.05, 0) is 24.6 Å². The number of thioether (sulfide) groups is 1. The third-order valence-electron chi connectivity index (χ3n) is 2.27. The minimum Gasteiger partial charge on any atom is -0.293 e. The summed E-state index contributed by atoms with van der Waals surface area (Å²) < 4.78 is 13.0. The molecule has 1 atom stereocenters. The molecule has 1 nitrogen and oxygen atoms in total. The van der Waals surface area contributed by atoms with Gasteiger partial charge in [-0.15, -0.1) is 11.8 Å². The van der Waals surface area contributed by atoms with Crippen LogP contribution in [0.5, 0.6) is 0 Å². The van der Waals surface area contributed by atoms with Crippen LogP contribution < -0.4 is 0 Å². The van der Waals surface area contributed by atoms with Gasteiger partial charge in [0.25, 0.3) is 0 Å². The van der Waals surface area contributed by atoms with E-state index < -0.39 is 5.82 Å². The molecule has 0 fully saturated rings. The van der Waals surface area contributed by atoms with Crippen LogP contribution in [-0.2, 0) is 5.75 Å². The van der Waals surface area contributed by atoms with Gasteiger partial charge in [-0.1, -0.05) is 11.6 Å². The molecule has 2 rings (SSSR count). The van der Waals surface area contributed by atoms with E-state index in [0.29, 0.717) is 16.3 Å². The predicted octanol–water partition coefficient (Wildman–Crippen LogP) is 3.30. The molecule has 0 aromatic heterocycles. The zero-order chi connectivity index (χ0) is 10.3. The molecule has 1 aromatic rings. The number of fused-ring (bicyclic) bond motifs is 1. The van der Waals surface area contributed by atoms with Crippen molar-refractivity contribution in [3.05, 3.63) is 34.1 Å². The number of carbonyl (C=O) groups excluding carboxylic acids is 1. The number of benzene rings is 1. The van der Waals surface area contributed by atoms with Crippen LogP contribution in [0.15, 0.2) is 12.1 Å². The first kappa shape index (κ1) is 9.99. The van der Waals surface area contributed by atoms with Crippen molar-refractivity contribution in [2.24, 2.45) is 0 Å². The van der Waals surface area contributed by atoms with E-state index in [1.54, 1.807) is 0 Å². The molecule has 0 N–H and O–H groups in total. The summed E-state index contributed by atoms with van der Waals surface area (Å²) in [6.07, 6.45) is 0. The lowest BCUT2D eigenvalue weighted by Gasteiger charge is -2.20. The standard InChI is InChI=1S/C10H8ClFOS/c1-5-10(13)7-2-6(12)3-9(11)8(7)4-14-5/h2-3,5H,4H2,1H3. The van der Waals surface area contributed by atoms with Gasteiger partial charge in [0.1, 0.15) is 5.82 Å². The van der Waals surface area contributed by atoms with Crippen LogP contribution >= 0.6 is 23.4 Å². The summed E-state index contributed by atoms with van der Waals surface area (Å²) in [5.74, 6) is 0.209. The van der Waals surface area contributed by atoms with Gasteiger partial charge in [-0.25, -0.2) is 4.39 Å². The predicted molar refractivity (Wildman–Crippen MR) is 56.5 cm³/mol. The van der Waals surface area contributed by atoms with Gasteiger partial charge in [-0.2, -0.15) is 0 Å². The Hall–Kier alpha value is -0.540. The van der Waals surface area contributed by atoms with Crippen LogP contribution in [0.25, 0.3) is 0 Å². The molecule has 0 bridgehead atoms. The normalized spacial score (nSPS) is 20.8. The number of rotatable bonds is 0. The number of Topliss-reactive ketones (excluding diaryl/α,β-unsaturated/α-hetero) is 1. The van der Waals surface area contributed by atoms with Gasteiger partial charge in [0.15, 0.2) is 5.78 Å². The SMILES string of the molecule is CC1SCc2c(Cl)cc(F)cc2C1=O. The molecular weight excluding hydrogens is 223 g/mol. The highest BCUT2D eigenvalue weighted by molar-refractivity contribution is 8.00. The third-order valence-corrected chi connectivity index (χ3v) is 3.78. The van der Waals surface area contributed by atoms with E-state index in [9.17, 15) is 9.18 Å². The van der Waals surface area contributed by atoms with E-state index in [4.69, 9.17) is 11.6 Å². The van der Waals surface area contributed by atoms with Crippen molar-refractivity contribution in [3.63, 3.8) is 0 Å². The van der Waals surface area contributed by atoms with Gasteiger partial charge < -0.3 is 0 Å². The number of hydrogen-bond donors (Lipinski definition) is 0. The summed E-state index contributed by atoms with van der Waals surface area (Å²) >= 11 is 7.39. The molecule has 0 amide bonds. The van der Waals surface area contributed by atoms with Crippen molar-refractivity contribution in [3.8, 4) is 0 Å². The first-order chi connectivity index (χ1) is 6.59. The molecule has 14 heavy (non-hydrogen) atoms. The Morgan fingerprint density at radius 3 is 3.00 bits per heavy atom. The molecule has 74 valence electrons. The van der Waals surface area contributed by atoms with Gasteiger partial charge in [0.2, 0.25) is 0 Å². The number of carbonyl (C=O) groups is 1. The van der Waals surface area contributed by atoms with Crippen LogP contribution in [0.4, 0.5) is 4.39 Å². The fourth-order valence-electron chi connectivity index (χ4n) is 1.47. The van der Waals surface area contributed by atoms with E-state index in [1.807, 2.05) is 6.92 Å². The summed E-state index contributed by atoms with van der Waals surface area (Å²) in [6, 6.07) is 2.53. The zero-order valence-corrected chi connectivity index (χ0v) is 9.08. The molecular formula is C10H8ClFOS. The minimum absolute atomic E-state index is 0.0300. The summed E-state index contributed by atoms with van der Waals surface area (Å²) in [5, 5.41) is 0.258. The molecule has 1 aliphatic rings. The quantitative estimate of drug-likeness (QED) is 0.680. The van der Waals surface area contributed by atoms with Crippen molar-refractivity contribution >= 4 is 29.1 Å². The Morgan fingerprint density at radius 2 is 2.29 bits per heavy atom. The first-order valence-corrected chi connectivity index (χ1v) is 5.66. The summed E-state index contributed by atoms with van der Waals surface area (Å²) in [7, 11) is 0. The van der Waals surface area contributed by atoms with Crippen molar-refractivity contribution in [1.82, 2.24) is 0 Å². The van der Waals surface area contributed by atoms with E-state index in [2.05, 4.69) is 0 Å². The lowest BCUT2D eigenvalue weighted by molar-refractivity contribution is 0.0991. The summed E-state index contributed by atoms with van der Waals surface area (Å²) in [4.78, 5) is 11.7. The maximum atomic E-state index is 13.0. The van der Waals surface area contributed by atoms with Crippen LogP contribution in [0.3, 0.4) is 0 Å². The van der Waals surface area contributed by atoms with Gasteiger partial charge in [0, 0.05) is 16.3 Å². The Kier molecular flexibility index (Phi) is 2.54. The Bertz CT molecular complexity index is 405. The molecule has 0 aliphatic carbocycles. The first-order valence-electron chi connectivity index (χ1n) is 4.23. The molecule has 1 aromatic carbocycles. The van der Waals surface area contributed by atoms with Gasteiger partial charge in [0.05, 0.1) is 5.25 Å². The van der Waals surface area contributed by atoms with Crippen LogP contribution in [-0.4, -0.2) is 11.0 Å². The average Bonchev–Trinajstić information content (AvgIpc) is 2.12. The fraction of sp³-hybridized carbons (Fsp3) is 0.300. The van der Waals surface area contributed by atoms with Crippen molar-refractivity contribution < 1.29 is 9.18 Å². The molecule has 1 aliphatic heterocycles. The fourth-order valence-corrected chi connectivity index (χ4v) is 2.83. The van der Waals surface area contributed by atoms with E-state index in [0.717, 1.165) is 5.56 Å². The molecule has 0 radical (unpaired) electrons. The minimum atomic E-state index is -0.443. The van der Waals surface area contributed by atoms with Gasteiger partial charge in [-0.3, -0.25) is 4.79 Å². The third kappa shape index (κ3) is 1.55. The van der Waals surface area contributed by atoms with Crippen molar-refractivity contribution in [1.29, 1.82) is 0 Å². The van der Waals surface area contributed by atoms with Gasteiger partial charge >= 0.3 is 0 Å². The summed E-state index contributed by atoms with van der Waals surface area (Å²) in [5.41, 5.74) is 1.21. The lowest BCUT2D eigenvalue weighted by Crippen LogP contribution is -2.20. The average molecular weight is 231 g/mol. The molecule has 4 heteroatoms. The highest BCUT2D eigenvalue weighted by atomic mass is 35.5. The number of ketones is 1. The van der Waals surface area contributed by atoms with Crippen molar-refractivity contribution in [2.75, 3.05) is 0 Å². The molecule has 0 spiro atoms. The molecule has 0 saturated carbocycles. The Labute approximate surface area is 90.6 Å². The largest absolute Gasteiger partial charge is 0.293 e. The molecule has 0 saturated heterocycles. The smallest absolute Gasteiger partial charge is 0.175 e. The van der Waals surface area contributed by atoms with Crippen LogP contribution in [0.2, 0.25) is 5.02 Å². The van der Waals surface area contributed by atoms with E-state index in [-0.39, 0.29) is 11.0 Å².